The second kappa shape index (κ2) is 8.73. The van der Waals surface area contributed by atoms with Crippen LogP contribution < -0.4 is 21.7 Å². The average Bonchev–Trinajstić information content (AvgIpc) is 2.32. The number of nitrogens with one attached hydrogen (secondary N) is 3. The Hall–Kier alpha value is -2.32. The van der Waals surface area contributed by atoms with E-state index in [1.165, 1.54) is 0 Å². The zero-order valence-electron chi connectivity index (χ0n) is 11.4. The largest absolute Gasteiger partial charge is 0.480 e. The van der Waals surface area contributed by atoms with E-state index in [9.17, 15) is 19.2 Å². The molecule has 0 aliphatic heterocycles. The van der Waals surface area contributed by atoms with Crippen LogP contribution in [0.25, 0.3) is 0 Å². The number of hydrogen-bond donors (Lipinski definition) is 5. The summed E-state index contributed by atoms with van der Waals surface area (Å²) in [6.07, 6.45) is -0.525. The van der Waals surface area contributed by atoms with Crippen LogP contribution in [0.4, 0.5) is 4.79 Å². The van der Waals surface area contributed by atoms with Crippen LogP contribution in [0.2, 0.25) is 0 Å². The lowest BCUT2D eigenvalue weighted by atomic mass is 10.2. The van der Waals surface area contributed by atoms with Crippen LogP contribution in [0.3, 0.4) is 0 Å². The molecule has 0 radical (unpaired) electrons. The number of primary amides is 1. The van der Waals surface area contributed by atoms with Crippen molar-refractivity contribution in [3.05, 3.63) is 0 Å². The van der Waals surface area contributed by atoms with Crippen LogP contribution in [0.1, 0.15) is 20.3 Å². The first kappa shape index (κ1) is 17.7. The smallest absolute Gasteiger partial charge is 0.326 e. The Morgan fingerprint density at radius 2 is 1.75 bits per heavy atom. The molecule has 1 atom stereocenters. The van der Waals surface area contributed by atoms with Crippen LogP contribution in [0.5, 0.6) is 0 Å². The van der Waals surface area contributed by atoms with E-state index in [4.69, 9.17) is 10.8 Å². The lowest BCUT2D eigenvalue weighted by Crippen LogP contribution is -2.49. The quantitative estimate of drug-likeness (QED) is 0.364. The Morgan fingerprint density at radius 1 is 1.15 bits per heavy atom. The summed E-state index contributed by atoms with van der Waals surface area (Å²) in [6.45, 7) is 4.02. The molecule has 0 bridgehead atoms. The Balaban J connectivity index is 4.10. The van der Waals surface area contributed by atoms with Gasteiger partial charge < -0.3 is 26.8 Å². The van der Waals surface area contributed by atoms with Gasteiger partial charge in [0.1, 0.15) is 6.04 Å². The third-order valence-electron chi connectivity index (χ3n) is 2.13. The summed E-state index contributed by atoms with van der Waals surface area (Å²) in [5.74, 6) is -2.36. The minimum Gasteiger partial charge on any atom is -0.480 e. The molecule has 4 amide bonds. The van der Waals surface area contributed by atoms with Crippen molar-refractivity contribution in [2.24, 2.45) is 11.7 Å². The van der Waals surface area contributed by atoms with Gasteiger partial charge in [0, 0.05) is 6.54 Å². The first-order valence-electron chi connectivity index (χ1n) is 6.04. The minimum atomic E-state index is -1.42. The normalized spacial score (nSPS) is 11.6. The third-order valence-corrected chi connectivity index (χ3v) is 2.13. The number of hydrogen-bond acceptors (Lipinski definition) is 4. The molecule has 0 fully saturated rings. The maximum Gasteiger partial charge on any atom is 0.326 e. The number of aliphatic carboxylic acids is 1. The molecule has 0 aromatic carbocycles. The number of carboxylic acid groups (broad SMARTS) is 1. The molecule has 9 nitrogen and oxygen atoms in total. The number of carboxylic acids is 1. The fourth-order valence-corrected chi connectivity index (χ4v) is 1.15. The number of carbonyl (C=O) groups excluding carboxylic acids is 3. The van der Waals surface area contributed by atoms with Gasteiger partial charge in [-0.05, 0) is 5.92 Å². The molecule has 0 aliphatic rings. The van der Waals surface area contributed by atoms with Crippen molar-refractivity contribution in [3.63, 3.8) is 0 Å². The van der Waals surface area contributed by atoms with E-state index in [2.05, 4.69) is 10.6 Å². The molecule has 20 heavy (non-hydrogen) atoms. The van der Waals surface area contributed by atoms with Crippen LogP contribution in [-0.4, -0.2) is 48.1 Å². The van der Waals surface area contributed by atoms with E-state index in [0.29, 0.717) is 6.54 Å². The first-order chi connectivity index (χ1) is 9.22. The van der Waals surface area contributed by atoms with Crippen molar-refractivity contribution in [1.29, 1.82) is 0 Å². The van der Waals surface area contributed by atoms with Gasteiger partial charge in [-0.1, -0.05) is 13.8 Å². The van der Waals surface area contributed by atoms with E-state index in [0.717, 1.165) is 0 Å². The Kier molecular flexibility index (Phi) is 7.71. The van der Waals surface area contributed by atoms with Gasteiger partial charge in [0.2, 0.25) is 11.8 Å². The van der Waals surface area contributed by atoms with Crippen LogP contribution in [-0.2, 0) is 14.4 Å². The fraction of sp³-hybridized carbons (Fsp3) is 0.636. The summed E-state index contributed by atoms with van der Waals surface area (Å²) in [6, 6.07) is -2.29. The van der Waals surface area contributed by atoms with E-state index in [1.807, 2.05) is 19.2 Å². The molecule has 0 heterocycles. The van der Waals surface area contributed by atoms with Crippen molar-refractivity contribution >= 4 is 23.8 Å². The summed E-state index contributed by atoms with van der Waals surface area (Å²) in [5.41, 5.74) is 4.86. The topological polar surface area (TPSA) is 151 Å². The van der Waals surface area contributed by atoms with Crippen molar-refractivity contribution in [2.75, 3.05) is 13.1 Å². The predicted molar refractivity (Wildman–Crippen MR) is 69.6 cm³/mol. The lowest BCUT2D eigenvalue weighted by molar-refractivity contribution is -0.140. The van der Waals surface area contributed by atoms with Gasteiger partial charge in [0.25, 0.3) is 0 Å². The SMILES string of the molecule is CC(C)CNC(=O)CNC(=O)N[C@@H](CC(N)=O)C(=O)O. The number of rotatable bonds is 8. The third kappa shape index (κ3) is 8.72. The number of urea groups is 1. The zero-order chi connectivity index (χ0) is 15.7. The van der Waals surface area contributed by atoms with Crippen LogP contribution >= 0.6 is 0 Å². The summed E-state index contributed by atoms with van der Waals surface area (Å²) < 4.78 is 0. The Bertz CT molecular complexity index is 383. The van der Waals surface area contributed by atoms with Gasteiger partial charge in [-0.3, -0.25) is 9.59 Å². The lowest BCUT2D eigenvalue weighted by Gasteiger charge is -2.13. The highest BCUT2D eigenvalue weighted by Gasteiger charge is 2.22. The average molecular weight is 288 g/mol. The standard InChI is InChI=1S/C11H20N4O5/c1-6(2)4-13-9(17)5-14-11(20)15-7(10(18)19)3-8(12)16/h6-7H,3-5H2,1-2H3,(H2,12,16)(H,13,17)(H,18,19)(H2,14,15,20)/t7-/m0/s1. The maximum atomic E-state index is 11.4. The van der Waals surface area contributed by atoms with Gasteiger partial charge in [0.15, 0.2) is 0 Å². The van der Waals surface area contributed by atoms with Crippen molar-refractivity contribution in [3.8, 4) is 0 Å². The van der Waals surface area contributed by atoms with Gasteiger partial charge >= 0.3 is 12.0 Å². The van der Waals surface area contributed by atoms with Crippen molar-refractivity contribution in [2.45, 2.75) is 26.3 Å². The summed E-state index contributed by atoms with van der Waals surface area (Å²) in [7, 11) is 0. The molecule has 0 saturated carbocycles. The molecular formula is C11H20N4O5. The monoisotopic (exact) mass is 288 g/mol. The molecule has 9 heteroatoms. The highest BCUT2D eigenvalue weighted by molar-refractivity contribution is 5.89. The van der Waals surface area contributed by atoms with Crippen LogP contribution in [0.15, 0.2) is 0 Å². The summed E-state index contributed by atoms with van der Waals surface area (Å²) >= 11 is 0. The van der Waals surface area contributed by atoms with E-state index in [-0.39, 0.29) is 12.5 Å². The highest BCUT2D eigenvalue weighted by atomic mass is 16.4. The summed E-state index contributed by atoms with van der Waals surface area (Å²) in [4.78, 5) is 44.1. The minimum absolute atomic E-state index is 0.278. The van der Waals surface area contributed by atoms with Gasteiger partial charge in [-0.15, -0.1) is 0 Å². The predicted octanol–water partition coefficient (Wildman–Crippen LogP) is -1.61. The molecule has 0 unspecified atom stereocenters. The molecular weight excluding hydrogens is 268 g/mol. The van der Waals surface area contributed by atoms with Gasteiger partial charge in [-0.2, -0.15) is 0 Å². The molecule has 0 aromatic heterocycles. The van der Waals surface area contributed by atoms with Gasteiger partial charge in [0.05, 0.1) is 13.0 Å². The molecule has 6 N–H and O–H groups in total. The summed E-state index contributed by atoms with van der Waals surface area (Å²) in [5, 5.41) is 15.6. The molecule has 114 valence electrons. The van der Waals surface area contributed by atoms with Crippen molar-refractivity contribution in [1.82, 2.24) is 16.0 Å². The number of amides is 4. The first-order valence-corrected chi connectivity index (χ1v) is 6.04. The van der Waals surface area contributed by atoms with Crippen LogP contribution in [0, 0.1) is 5.92 Å². The maximum absolute atomic E-state index is 11.4. The Morgan fingerprint density at radius 3 is 2.20 bits per heavy atom. The van der Waals surface area contributed by atoms with Gasteiger partial charge in [-0.25, -0.2) is 9.59 Å². The second-order valence-electron chi connectivity index (χ2n) is 4.59. The second-order valence-corrected chi connectivity index (χ2v) is 4.59. The zero-order valence-corrected chi connectivity index (χ0v) is 11.4. The van der Waals surface area contributed by atoms with E-state index < -0.39 is 36.3 Å². The molecule has 0 saturated heterocycles. The van der Waals surface area contributed by atoms with Crippen molar-refractivity contribution < 1.29 is 24.3 Å². The number of nitrogens with two attached hydrogens (primary N) is 1. The molecule has 0 aliphatic carbocycles. The molecule has 0 rings (SSSR count). The van der Waals surface area contributed by atoms with E-state index >= 15 is 0 Å². The highest BCUT2D eigenvalue weighted by Crippen LogP contribution is 1.91. The number of carbonyl (C=O) groups is 4. The van der Waals surface area contributed by atoms with E-state index in [1.54, 1.807) is 0 Å². The molecule has 0 aromatic rings. The molecule has 0 spiro atoms. The Labute approximate surface area is 116 Å². The fourth-order valence-electron chi connectivity index (χ4n) is 1.15.